The molecule has 0 saturated carbocycles. The number of aliphatic hydroxyl groups excluding tert-OH is 4. The largest absolute Gasteiger partial charge is 0.471 e. The third-order valence-electron chi connectivity index (χ3n) is 5.49. The van der Waals surface area contributed by atoms with Gasteiger partial charge in [0.1, 0.15) is 31.0 Å². The third kappa shape index (κ3) is 4.37. The van der Waals surface area contributed by atoms with Crippen molar-refractivity contribution in [2.24, 2.45) is 11.8 Å². The molecule has 1 aliphatic carbocycles. The van der Waals surface area contributed by atoms with Crippen LogP contribution in [0.5, 0.6) is 0 Å². The summed E-state index contributed by atoms with van der Waals surface area (Å²) in [6, 6.07) is 0. The SMILES string of the molecule is CC(=O)OCC1OC(O[C@@H]2OC=C(C(C)=O)[C@H]3CC=C(CO)[C@@H]23)C(O)C(O)C1O. The van der Waals surface area contributed by atoms with E-state index in [1.807, 2.05) is 6.08 Å². The van der Waals surface area contributed by atoms with Crippen LogP contribution in [-0.2, 0) is 28.5 Å². The second kappa shape index (κ2) is 8.90. The van der Waals surface area contributed by atoms with Gasteiger partial charge in [-0.05, 0) is 18.9 Å². The first-order valence-electron chi connectivity index (χ1n) is 9.39. The van der Waals surface area contributed by atoms with E-state index >= 15 is 0 Å². The number of fused-ring (bicyclic) bond motifs is 1. The van der Waals surface area contributed by atoms with E-state index in [-0.39, 0.29) is 24.9 Å². The number of aliphatic hydroxyl groups is 4. The monoisotopic (exact) mass is 414 g/mol. The molecule has 162 valence electrons. The smallest absolute Gasteiger partial charge is 0.302 e. The fraction of sp³-hybridized carbons (Fsp3) is 0.684. The number of hydrogen-bond donors (Lipinski definition) is 4. The van der Waals surface area contributed by atoms with Crippen molar-refractivity contribution in [1.82, 2.24) is 0 Å². The topological polar surface area (TPSA) is 152 Å². The summed E-state index contributed by atoms with van der Waals surface area (Å²) in [7, 11) is 0. The number of ether oxygens (including phenoxy) is 4. The standard InChI is InChI=1S/C19H26O10/c1-8(21)12-6-27-18(14-10(5-20)3-4-11(12)14)29-19-17(25)16(24)15(23)13(28-19)7-26-9(2)22/h3,6,11,13-20,23-25H,4-5,7H2,1-2H3/t11-,13?,14-,15?,16?,17?,18+,19?/m1/s1. The molecule has 3 rings (SSSR count). The maximum absolute atomic E-state index is 11.9. The molecule has 3 aliphatic rings. The molecule has 0 aromatic carbocycles. The lowest BCUT2D eigenvalue weighted by atomic mass is 9.82. The first-order valence-corrected chi connectivity index (χ1v) is 9.39. The molecule has 0 amide bonds. The summed E-state index contributed by atoms with van der Waals surface area (Å²) in [5, 5.41) is 40.1. The molecule has 2 heterocycles. The molecule has 5 unspecified atom stereocenters. The maximum Gasteiger partial charge on any atom is 0.302 e. The van der Waals surface area contributed by atoms with E-state index in [2.05, 4.69) is 0 Å². The quantitative estimate of drug-likeness (QED) is 0.307. The van der Waals surface area contributed by atoms with Crippen molar-refractivity contribution >= 4 is 11.8 Å². The zero-order chi connectivity index (χ0) is 21.3. The Morgan fingerprint density at radius 3 is 2.48 bits per heavy atom. The van der Waals surface area contributed by atoms with Crippen LogP contribution in [-0.4, -0.2) is 82.4 Å². The predicted molar refractivity (Wildman–Crippen MR) is 94.8 cm³/mol. The van der Waals surface area contributed by atoms with Crippen LogP contribution >= 0.6 is 0 Å². The first-order chi connectivity index (χ1) is 13.7. The Bertz CT molecular complexity index is 701. The van der Waals surface area contributed by atoms with Gasteiger partial charge in [-0.2, -0.15) is 0 Å². The van der Waals surface area contributed by atoms with Crippen LogP contribution in [0.4, 0.5) is 0 Å². The minimum Gasteiger partial charge on any atom is -0.471 e. The van der Waals surface area contributed by atoms with Crippen molar-refractivity contribution in [3.8, 4) is 0 Å². The molecule has 8 atom stereocenters. The summed E-state index contributed by atoms with van der Waals surface area (Å²) in [6.07, 6.45) is -4.56. The molecular weight excluding hydrogens is 388 g/mol. The van der Waals surface area contributed by atoms with Crippen LogP contribution in [0, 0.1) is 11.8 Å². The maximum atomic E-state index is 11.9. The number of hydrogen-bond acceptors (Lipinski definition) is 10. The molecule has 0 spiro atoms. The van der Waals surface area contributed by atoms with Crippen LogP contribution < -0.4 is 0 Å². The van der Waals surface area contributed by atoms with Crippen molar-refractivity contribution in [1.29, 1.82) is 0 Å². The highest BCUT2D eigenvalue weighted by atomic mass is 16.8. The van der Waals surface area contributed by atoms with Crippen LogP contribution in [0.15, 0.2) is 23.5 Å². The van der Waals surface area contributed by atoms with E-state index in [0.717, 1.165) is 0 Å². The van der Waals surface area contributed by atoms with E-state index in [9.17, 15) is 30.0 Å². The Kier molecular flexibility index (Phi) is 6.72. The van der Waals surface area contributed by atoms with Gasteiger partial charge in [0.2, 0.25) is 6.29 Å². The number of rotatable bonds is 6. The zero-order valence-corrected chi connectivity index (χ0v) is 16.1. The minimum atomic E-state index is -1.60. The predicted octanol–water partition coefficient (Wildman–Crippen LogP) is -1.24. The van der Waals surface area contributed by atoms with E-state index in [4.69, 9.17) is 18.9 Å². The molecule has 0 aromatic rings. The minimum absolute atomic E-state index is 0.153. The summed E-state index contributed by atoms with van der Waals surface area (Å²) in [6.45, 7) is 2.02. The molecular formula is C19H26O10. The molecule has 1 saturated heterocycles. The molecule has 10 heteroatoms. The van der Waals surface area contributed by atoms with Crippen molar-refractivity contribution in [2.75, 3.05) is 13.2 Å². The molecule has 10 nitrogen and oxygen atoms in total. The van der Waals surface area contributed by atoms with Crippen molar-refractivity contribution in [3.05, 3.63) is 23.5 Å². The van der Waals surface area contributed by atoms with E-state index in [1.165, 1.54) is 20.1 Å². The van der Waals surface area contributed by atoms with Crippen molar-refractivity contribution in [2.45, 2.75) is 57.3 Å². The van der Waals surface area contributed by atoms with Crippen LogP contribution in [0.1, 0.15) is 20.3 Å². The lowest BCUT2D eigenvalue weighted by Crippen LogP contribution is -2.60. The van der Waals surface area contributed by atoms with Gasteiger partial charge in [0, 0.05) is 18.4 Å². The fourth-order valence-electron chi connectivity index (χ4n) is 3.95. The van der Waals surface area contributed by atoms with Gasteiger partial charge in [-0.25, -0.2) is 0 Å². The van der Waals surface area contributed by atoms with Crippen molar-refractivity contribution in [3.63, 3.8) is 0 Å². The van der Waals surface area contributed by atoms with Gasteiger partial charge in [-0.1, -0.05) is 6.08 Å². The summed E-state index contributed by atoms with van der Waals surface area (Å²) >= 11 is 0. The molecule has 1 fully saturated rings. The molecule has 0 radical (unpaired) electrons. The Morgan fingerprint density at radius 1 is 1.14 bits per heavy atom. The van der Waals surface area contributed by atoms with Crippen LogP contribution in [0.25, 0.3) is 0 Å². The Balaban J connectivity index is 1.77. The summed E-state index contributed by atoms with van der Waals surface area (Å²) in [4.78, 5) is 22.9. The second-order valence-corrected chi connectivity index (χ2v) is 7.39. The van der Waals surface area contributed by atoms with Gasteiger partial charge < -0.3 is 39.4 Å². The van der Waals surface area contributed by atoms with E-state index in [1.54, 1.807) is 0 Å². The zero-order valence-electron chi connectivity index (χ0n) is 16.1. The second-order valence-electron chi connectivity index (χ2n) is 7.39. The van der Waals surface area contributed by atoms with Gasteiger partial charge in [-0.3, -0.25) is 9.59 Å². The van der Waals surface area contributed by atoms with Crippen molar-refractivity contribution < 1.29 is 49.0 Å². The summed E-state index contributed by atoms with van der Waals surface area (Å²) in [5.41, 5.74) is 1.11. The summed E-state index contributed by atoms with van der Waals surface area (Å²) in [5.74, 6) is -1.47. The first kappa shape index (κ1) is 21.9. The lowest BCUT2D eigenvalue weighted by Gasteiger charge is -2.43. The highest BCUT2D eigenvalue weighted by Gasteiger charge is 2.49. The Hall–Kier alpha value is -1.82. The highest BCUT2D eigenvalue weighted by molar-refractivity contribution is 5.94. The van der Waals surface area contributed by atoms with Crippen LogP contribution in [0.3, 0.4) is 0 Å². The number of ketones is 1. The van der Waals surface area contributed by atoms with Crippen LogP contribution in [0.2, 0.25) is 0 Å². The number of carbonyl (C=O) groups excluding carboxylic acids is 2. The van der Waals surface area contributed by atoms with Gasteiger partial charge in [0.25, 0.3) is 0 Å². The Morgan fingerprint density at radius 2 is 1.86 bits per heavy atom. The van der Waals surface area contributed by atoms with E-state index in [0.29, 0.717) is 17.6 Å². The molecule has 29 heavy (non-hydrogen) atoms. The van der Waals surface area contributed by atoms with Gasteiger partial charge in [-0.15, -0.1) is 0 Å². The highest BCUT2D eigenvalue weighted by Crippen LogP contribution is 2.44. The number of Topliss-reactive ketones (excluding diaryl/α,β-unsaturated/α-hetero) is 1. The summed E-state index contributed by atoms with van der Waals surface area (Å²) < 4.78 is 21.7. The fourth-order valence-corrected chi connectivity index (χ4v) is 3.95. The Labute approximate surface area is 167 Å². The lowest BCUT2D eigenvalue weighted by molar-refractivity contribution is -0.339. The van der Waals surface area contributed by atoms with Gasteiger partial charge in [0.15, 0.2) is 12.1 Å². The number of allylic oxidation sites excluding steroid dienone is 2. The average molecular weight is 414 g/mol. The van der Waals surface area contributed by atoms with Gasteiger partial charge in [0.05, 0.1) is 18.8 Å². The molecule has 2 aliphatic heterocycles. The molecule has 4 N–H and O–H groups in total. The number of carbonyl (C=O) groups is 2. The normalized spacial score (nSPS) is 39.1. The molecule has 0 bridgehead atoms. The third-order valence-corrected chi connectivity index (χ3v) is 5.49. The van der Waals surface area contributed by atoms with E-state index < -0.39 is 48.9 Å². The van der Waals surface area contributed by atoms with Gasteiger partial charge >= 0.3 is 5.97 Å². The average Bonchev–Trinajstić information content (AvgIpc) is 3.11. The molecule has 0 aromatic heterocycles. The number of esters is 1.